The quantitative estimate of drug-likeness (QED) is 0.220. The number of benzene rings is 2. The Morgan fingerprint density at radius 1 is 1.05 bits per heavy atom. The standard InChI is InChI=1S/C25H22F4N6O3S/c1-25(2,12-36)33-23(39)32-22-9-21(19(29)10-30-22)38-20-7-6-14(8-18(20)28)35-24(37)34(13-31-35)11-15-16(26)4-3-5-17(15)27/h3-10,13,36H,11-12H2,1-2H3,(H2,30,32,33,39). The molecule has 3 N–H and O–H groups in total. The summed E-state index contributed by atoms with van der Waals surface area (Å²) in [6, 6.07) is 7.90. The van der Waals surface area contributed by atoms with Gasteiger partial charge in [0.1, 0.15) is 23.8 Å². The molecule has 0 atom stereocenters. The third kappa shape index (κ3) is 6.41. The van der Waals surface area contributed by atoms with Crippen molar-refractivity contribution < 1.29 is 27.4 Å². The number of hydrogen-bond donors (Lipinski definition) is 3. The minimum Gasteiger partial charge on any atom is -0.451 e. The van der Waals surface area contributed by atoms with Crippen molar-refractivity contribution in [3.63, 3.8) is 0 Å². The summed E-state index contributed by atoms with van der Waals surface area (Å²) in [5.74, 6) is -4.10. The molecular formula is C25H22F4N6O3S. The number of thiocarbonyl (C=S) groups is 1. The van der Waals surface area contributed by atoms with Gasteiger partial charge in [0, 0.05) is 17.7 Å². The lowest BCUT2D eigenvalue weighted by Gasteiger charge is -2.25. The molecule has 0 aliphatic heterocycles. The molecule has 0 radical (unpaired) electrons. The Labute approximate surface area is 224 Å². The molecule has 2 aromatic carbocycles. The van der Waals surface area contributed by atoms with Crippen LogP contribution < -0.4 is 21.1 Å². The van der Waals surface area contributed by atoms with Gasteiger partial charge in [-0.1, -0.05) is 6.07 Å². The number of nitrogens with one attached hydrogen (secondary N) is 2. The fourth-order valence-corrected chi connectivity index (χ4v) is 3.74. The Bertz CT molecular complexity index is 1570. The van der Waals surface area contributed by atoms with Crippen molar-refractivity contribution in [1.29, 1.82) is 0 Å². The highest BCUT2D eigenvalue weighted by Gasteiger charge is 2.19. The molecule has 0 saturated carbocycles. The average molecular weight is 563 g/mol. The summed E-state index contributed by atoms with van der Waals surface area (Å²) in [5, 5.41) is 18.9. The number of halogens is 4. The number of aliphatic hydroxyl groups excluding tert-OH is 1. The molecule has 9 nitrogen and oxygen atoms in total. The third-order valence-corrected chi connectivity index (χ3v) is 5.62. The summed E-state index contributed by atoms with van der Waals surface area (Å²) in [6.45, 7) is 2.80. The Kier molecular flexibility index (Phi) is 7.97. The third-order valence-electron chi connectivity index (χ3n) is 5.41. The molecule has 0 aliphatic carbocycles. The molecular weight excluding hydrogens is 540 g/mol. The summed E-state index contributed by atoms with van der Waals surface area (Å²) in [4.78, 5) is 16.6. The Hall–Kier alpha value is -4.30. The fraction of sp³-hybridized carbons (Fsp3) is 0.200. The van der Waals surface area contributed by atoms with Crippen molar-refractivity contribution in [3.8, 4) is 17.2 Å². The second-order valence-electron chi connectivity index (χ2n) is 8.99. The topological polar surface area (TPSA) is 106 Å². The predicted octanol–water partition coefficient (Wildman–Crippen LogP) is 3.88. The van der Waals surface area contributed by atoms with Crippen molar-refractivity contribution in [2.45, 2.75) is 25.9 Å². The van der Waals surface area contributed by atoms with Crippen LogP contribution in [0.2, 0.25) is 0 Å². The summed E-state index contributed by atoms with van der Waals surface area (Å²) < 4.78 is 64.4. The van der Waals surface area contributed by atoms with Crippen LogP contribution >= 0.6 is 12.2 Å². The van der Waals surface area contributed by atoms with Gasteiger partial charge in [-0.2, -0.15) is 9.78 Å². The first-order valence-electron chi connectivity index (χ1n) is 11.4. The minimum atomic E-state index is -0.943. The number of aromatic nitrogens is 4. The number of hydrogen-bond acceptors (Lipinski definition) is 6. The van der Waals surface area contributed by atoms with Gasteiger partial charge in [-0.25, -0.2) is 27.3 Å². The number of ether oxygens (including phenoxy) is 1. The molecule has 2 heterocycles. The van der Waals surface area contributed by atoms with Gasteiger partial charge < -0.3 is 20.5 Å². The summed E-state index contributed by atoms with van der Waals surface area (Å²) in [6.07, 6.45) is 1.92. The van der Waals surface area contributed by atoms with Gasteiger partial charge >= 0.3 is 5.69 Å². The Balaban J connectivity index is 1.52. The smallest absolute Gasteiger partial charge is 0.350 e. The van der Waals surface area contributed by atoms with E-state index in [1.807, 2.05) is 0 Å². The van der Waals surface area contributed by atoms with E-state index in [2.05, 4.69) is 20.7 Å². The number of nitrogens with zero attached hydrogens (tertiary/aromatic N) is 4. The van der Waals surface area contributed by atoms with Crippen LogP contribution in [0.3, 0.4) is 0 Å². The number of anilines is 1. The molecule has 0 saturated heterocycles. The highest BCUT2D eigenvalue weighted by atomic mass is 32.1. The lowest BCUT2D eigenvalue weighted by atomic mass is 10.1. The van der Waals surface area contributed by atoms with E-state index in [-0.39, 0.29) is 40.3 Å². The molecule has 0 bridgehead atoms. The van der Waals surface area contributed by atoms with Crippen LogP contribution in [0.1, 0.15) is 19.4 Å². The largest absolute Gasteiger partial charge is 0.451 e. The molecule has 0 spiro atoms. The van der Waals surface area contributed by atoms with Crippen molar-refractivity contribution in [3.05, 3.63) is 94.3 Å². The summed E-state index contributed by atoms with van der Waals surface area (Å²) in [5.41, 5.74) is -1.82. The molecule has 0 unspecified atom stereocenters. The van der Waals surface area contributed by atoms with Crippen LogP contribution in [0.5, 0.6) is 11.5 Å². The summed E-state index contributed by atoms with van der Waals surface area (Å²) in [7, 11) is 0. The number of pyridine rings is 1. The zero-order valence-electron chi connectivity index (χ0n) is 20.6. The SMILES string of the molecule is CC(C)(CO)NC(=S)Nc1cc(Oc2ccc(-n3ncn(Cc4c(F)cccc4F)c3=O)cc2F)c(F)cn1. The van der Waals surface area contributed by atoms with Crippen LogP contribution in [-0.2, 0) is 6.54 Å². The fourth-order valence-electron chi connectivity index (χ4n) is 3.36. The Morgan fingerprint density at radius 2 is 1.77 bits per heavy atom. The van der Waals surface area contributed by atoms with Crippen LogP contribution in [0.25, 0.3) is 5.69 Å². The molecule has 4 aromatic rings. The van der Waals surface area contributed by atoms with E-state index in [1.165, 1.54) is 12.1 Å². The van der Waals surface area contributed by atoms with E-state index in [0.29, 0.717) is 0 Å². The second-order valence-corrected chi connectivity index (χ2v) is 9.40. The van der Waals surface area contributed by atoms with Gasteiger partial charge in [-0.3, -0.25) is 4.57 Å². The van der Waals surface area contributed by atoms with Gasteiger partial charge in [0.25, 0.3) is 0 Å². The van der Waals surface area contributed by atoms with Crippen molar-refractivity contribution in [2.24, 2.45) is 0 Å². The average Bonchev–Trinajstić information content (AvgIpc) is 3.24. The first-order valence-corrected chi connectivity index (χ1v) is 11.8. The number of aliphatic hydroxyl groups is 1. The van der Waals surface area contributed by atoms with Crippen LogP contribution in [0.15, 0.2) is 59.8 Å². The maximum atomic E-state index is 14.9. The van der Waals surface area contributed by atoms with E-state index >= 15 is 0 Å². The lowest BCUT2D eigenvalue weighted by molar-refractivity contribution is 0.207. The molecule has 0 aliphatic rings. The van der Waals surface area contributed by atoms with E-state index in [9.17, 15) is 27.5 Å². The van der Waals surface area contributed by atoms with Gasteiger partial charge in [0.15, 0.2) is 28.2 Å². The van der Waals surface area contributed by atoms with Crippen molar-refractivity contribution in [2.75, 3.05) is 11.9 Å². The highest BCUT2D eigenvalue weighted by Crippen LogP contribution is 2.29. The molecule has 14 heteroatoms. The van der Waals surface area contributed by atoms with E-state index in [1.54, 1.807) is 13.8 Å². The van der Waals surface area contributed by atoms with Crippen molar-refractivity contribution in [1.82, 2.24) is 24.6 Å². The lowest BCUT2D eigenvalue weighted by Crippen LogP contribution is -2.48. The van der Waals surface area contributed by atoms with Crippen molar-refractivity contribution >= 4 is 23.1 Å². The normalized spacial score (nSPS) is 11.4. The summed E-state index contributed by atoms with van der Waals surface area (Å²) >= 11 is 5.16. The molecule has 39 heavy (non-hydrogen) atoms. The monoisotopic (exact) mass is 562 g/mol. The van der Waals surface area contributed by atoms with E-state index < -0.39 is 41.0 Å². The van der Waals surface area contributed by atoms with Gasteiger partial charge in [-0.05, 0) is 50.3 Å². The van der Waals surface area contributed by atoms with Crippen LogP contribution in [0, 0.1) is 23.3 Å². The zero-order chi connectivity index (χ0) is 28.3. The maximum Gasteiger partial charge on any atom is 0.350 e. The maximum absolute atomic E-state index is 14.9. The number of rotatable bonds is 8. The van der Waals surface area contributed by atoms with E-state index in [0.717, 1.165) is 52.1 Å². The molecule has 204 valence electrons. The molecule has 4 rings (SSSR count). The van der Waals surface area contributed by atoms with E-state index in [4.69, 9.17) is 17.0 Å². The van der Waals surface area contributed by atoms with Crippen LogP contribution in [-0.4, -0.2) is 41.7 Å². The minimum absolute atomic E-state index is 0.00178. The first kappa shape index (κ1) is 27.7. The molecule has 2 aromatic heterocycles. The van der Waals surface area contributed by atoms with Gasteiger partial charge in [0.05, 0.1) is 30.6 Å². The molecule has 0 amide bonds. The first-order chi connectivity index (χ1) is 18.5. The second kappa shape index (κ2) is 11.2. The predicted molar refractivity (Wildman–Crippen MR) is 138 cm³/mol. The van der Waals surface area contributed by atoms with Gasteiger partial charge in [0.2, 0.25) is 0 Å². The Morgan fingerprint density at radius 3 is 2.44 bits per heavy atom. The van der Waals surface area contributed by atoms with Crippen LogP contribution in [0.4, 0.5) is 23.4 Å². The molecule has 0 fully saturated rings. The zero-order valence-corrected chi connectivity index (χ0v) is 21.4. The highest BCUT2D eigenvalue weighted by molar-refractivity contribution is 7.80. The van der Waals surface area contributed by atoms with Gasteiger partial charge in [-0.15, -0.1) is 0 Å².